The van der Waals surface area contributed by atoms with E-state index in [2.05, 4.69) is 160 Å². The molecule has 54 heavy (non-hydrogen) atoms. The van der Waals surface area contributed by atoms with Crippen LogP contribution in [0.3, 0.4) is 0 Å². The Balaban J connectivity index is 1.24. The molecule has 2 aliphatic carbocycles. The summed E-state index contributed by atoms with van der Waals surface area (Å²) in [6.07, 6.45) is 33.1. The number of aromatic nitrogens is 1. The Morgan fingerprint density at radius 2 is 1.72 bits per heavy atom. The zero-order chi connectivity index (χ0) is 37.5. The summed E-state index contributed by atoms with van der Waals surface area (Å²) in [6.45, 7) is 18.3. The van der Waals surface area contributed by atoms with Gasteiger partial charge in [0.25, 0.3) is 0 Å². The van der Waals surface area contributed by atoms with Gasteiger partial charge in [-0.3, -0.25) is 4.98 Å². The molecule has 1 unspecified atom stereocenters. The first-order chi connectivity index (χ1) is 26.4. The van der Waals surface area contributed by atoms with Crippen LogP contribution in [0.1, 0.15) is 68.2 Å². The third-order valence-electron chi connectivity index (χ3n) is 11.3. The molecule has 7 rings (SSSR count). The molecule has 3 aliphatic rings. The Morgan fingerprint density at radius 1 is 0.907 bits per heavy atom. The Morgan fingerprint density at radius 3 is 2.48 bits per heavy atom. The zero-order valence-electron chi connectivity index (χ0n) is 31.7. The lowest BCUT2D eigenvalue weighted by molar-refractivity contribution is 0.364. The highest BCUT2D eigenvalue weighted by Crippen LogP contribution is 2.45. The van der Waals surface area contributed by atoms with Gasteiger partial charge in [-0.2, -0.15) is 0 Å². The number of allylic oxidation sites excluding steroid dienone is 14. The molecule has 0 saturated carbocycles. The van der Waals surface area contributed by atoms with Crippen molar-refractivity contribution in [1.82, 2.24) is 10.3 Å². The van der Waals surface area contributed by atoms with Crippen molar-refractivity contribution in [2.45, 2.75) is 46.0 Å². The topological polar surface area (TPSA) is 24.9 Å². The molecule has 2 heteroatoms. The van der Waals surface area contributed by atoms with Gasteiger partial charge in [0.2, 0.25) is 0 Å². The Labute approximate surface area is 322 Å². The number of hydrogen-bond donors (Lipinski definition) is 1. The first-order valence-corrected chi connectivity index (χ1v) is 19.2. The molecule has 3 aromatic carbocycles. The maximum Gasteiger partial charge on any atom is 0.0776 e. The van der Waals surface area contributed by atoms with E-state index in [-0.39, 0.29) is 5.41 Å². The summed E-state index contributed by atoms with van der Waals surface area (Å²) in [6, 6.07) is 25.9. The van der Waals surface area contributed by atoms with Crippen LogP contribution >= 0.6 is 0 Å². The van der Waals surface area contributed by atoms with Gasteiger partial charge in [-0.05, 0) is 107 Å². The molecule has 0 amide bonds. The summed E-state index contributed by atoms with van der Waals surface area (Å²) in [4.78, 5) is 4.76. The van der Waals surface area contributed by atoms with Gasteiger partial charge in [0.15, 0.2) is 0 Å². The smallest absolute Gasteiger partial charge is 0.0776 e. The highest BCUT2D eigenvalue weighted by molar-refractivity contribution is 5.91. The van der Waals surface area contributed by atoms with E-state index in [4.69, 9.17) is 4.98 Å². The number of benzene rings is 3. The van der Waals surface area contributed by atoms with Crippen LogP contribution in [0.5, 0.6) is 0 Å². The van der Waals surface area contributed by atoms with Crippen LogP contribution in [0, 0.1) is 5.41 Å². The van der Waals surface area contributed by atoms with E-state index < -0.39 is 0 Å². The number of hydrogen-bond acceptors (Lipinski definition) is 2. The van der Waals surface area contributed by atoms with Crippen LogP contribution in [-0.2, 0) is 0 Å². The second-order valence-electron chi connectivity index (χ2n) is 14.7. The molecule has 1 N–H and O–H groups in total. The number of rotatable bonds is 10. The lowest BCUT2D eigenvalue weighted by Gasteiger charge is -2.35. The van der Waals surface area contributed by atoms with Crippen molar-refractivity contribution >= 4 is 34.2 Å². The highest BCUT2D eigenvalue weighted by atomic mass is 14.9. The first kappa shape index (κ1) is 36.4. The van der Waals surface area contributed by atoms with E-state index in [1.165, 1.54) is 44.5 Å². The fourth-order valence-corrected chi connectivity index (χ4v) is 7.89. The normalized spacial score (nSPS) is 20.4. The van der Waals surface area contributed by atoms with Crippen molar-refractivity contribution in [2.75, 3.05) is 6.54 Å². The maximum absolute atomic E-state index is 4.76. The number of nitrogens with one attached hydrogen (secondary N) is 1. The zero-order valence-corrected chi connectivity index (χ0v) is 31.7. The van der Waals surface area contributed by atoms with Gasteiger partial charge < -0.3 is 5.32 Å². The summed E-state index contributed by atoms with van der Waals surface area (Å²) < 4.78 is 0. The van der Waals surface area contributed by atoms with Crippen molar-refractivity contribution < 1.29 is 0 Å². The van der Waals surface area contributed by atoms with Crippen LogP contribution in [-0.4, -0.2) is 11.5 Å². The van der Waals surface area contributed by atoms with Gasteiger partial charge in [0.1, 0.15) is 0 Å². The minimum absolute atomic E-state index is 0.0325. The summed E-state index contributed by atoms with van der Waals surface area (Å²) >= 11 is 0. The molecule has 2 heterocycles. The summed E-state index contributed by atoms with van der Waals surface area (Å²) in [7, 11) is 0. The van der Waals surface area contributed by atoms with Crippen LogP contribution in [0.25, 0.3) is 45.3 Å². The van der Waals surface area contributed by atoms with Gasteiger partial charge in [-0.25, -0.2) is 0 Å². The molecule has 1 atom stereocenters. The molecule has 0 radical (unpaired) electrons. The number of fused-ring (bicyclic) bond motifs is 1. The molecule has 268 valence electrons. The average Bonchev–Trinajstić information content (AvgIpc) is 3.23. The summed E-state index contributed by atoms with van der Waals surface area (Å²) in [5, 5.41) is 4.97. The van der Waals surface area contributed by atoms with E-state index in [1.54, 1.807) is 0 Å². The van der Waals surface area contributed by atoms with Crippen molar-refractivity contribution in [3.05, 3.63) is 210 Å². The molecule has 0 saturated heterocycles. The quantitative estimate of drug-likeness (QED) is 0.166. The molecular weight excluding hydrogens is 653 g/mol. The lowest BCUT2D eigenvalue weighted by Crippen LogP contribution is -2.24. The van der Waals surface area contributed by atoms with Crippen molar-refractivity contribution in [3.63, 3.8) is 0 Å². The maximum atomic E-state index is 4.76. The molecule has 0 bridgehead atoms. The Hall–Kier alpha value is -5.99. The molecule has 4 aromatic rings. The lowest BCUT2D eigenvalue weighted by atomic mass is 9.70. The first-order valence-electron chi connectivity index (χ1n) is 19.2. The minimum atomic E-state index is 0.0325. The molecule has 1 aromatic heterocycles. The predicted molar refractivity (Wildman–Crippen MR) is 234 cm³/mol. The summed E-state index contributed by atoms with van der Waals surface area (Å²) in [5.41, 5.74) is 16.8. The second kappa shape index (κ2) is 16.4. The van der Waals surface area contributed by atoms with E-state index in [0.29, 0.717) is 0 Å². The van der Waals surface area contributed by atoms with Gasteiger partial charge in [-0.15, -0.1) is 0 Å². The molecule has 0 fully saturated rings. The van der Waals surface area contributed by atoms with Gasteiger partial charge in [0, 0.05) is 35.0 Å². The van der Waals surface area contributed by atoms with Crippen LogP contribution in [0.15, 0.2) is 187 Å². The average molecular weight is 703 g/mol. The predicted octanol–water partition coefficient (Wildman–Crippen LogP) is 13.6. The van der Waals surface area contributed by atoms with Gasteiger partial charge >= 0.3 is 0 Å². The van der Waals surface area contributed by atoms with Crippen molar-refractivity contribution in [2.24, 2.45) is 5.41 Å². The molecule has 0 spiro atoms. The van der Waals surface area contributed by atoms with Crippen LogP contribution in [0.2, 0.25) is 0 Å². The monoisotopic (exact) mass is 702 g/mol. The number of pyridine rings is 1. The highest BCUT2D eigenvalue weighted by Gasteiger charge is 2.30. The van der Waals surface area contributed by atoms with E-state index >= 15 is 0 Å². The van der Waals surface area contributed by atoms with Gasteiger partial charge in [0.05, 0.1) is 5.52 Å². The molecular formula is C52H50N2. The standard InChI is InChI=1S/C52H50N2/c1-6-8-21-46-39(7-2)18-12-22-47(46)41-27-25-40(26-28-41)37(3)35-45(49-24-15-34-54-51(49)43-16-10-9-11-17-43)36-38(4)52(5)31-29-42(30-32-52)48-23-13-19-44-20-14-33-53-50(44)48/h6-14,16,18-29,33,35-36,54H,1-3,15,17,30-32,34H2,4-5H3/b21-8-,38-36+,45-35+,51-43-. The third-order valence-corrected chi connectivity index (χ3v) is 11.3. The van der Waals surface area contributed by atoms with E-state index in [0.717, 1.165) is 77.6 Å². The molecule has 1 aliphatic heterocycles. The molecule has 2 nitrogen and oxygen atoms in total. The number of para-hydroxylation sites is 1. The van der Waals surface area contributed by atoms with Gasteiger partial charge in [-0.1, -0.05) is 166 Å². The SMILES string of the molecule is C=C/C=C\c1c(C=C)cccc1-c1ccc(C(=C)/C=C(\C=C(/C)C2(C)CC=C(c3cccc4cccnc34)CC2)C2=CCCN/C2=C2/C=CC=CC2)cc1. The minimum Gasteiger partial charge on any atom is -0.384 e. The summed E-state index contributed by atoms with van der Waals surface area (Å²) in [5.74, 6) is 0. The van der Waals surface area contributed by atoms with E-state index in [1.807, 2.05) is 30.5 Å². The second-order valence-corrected chi connectivity index (χ2v) is 14.7. The number of nitrogens with zero attached hydrogens (tertiary/aromatic N) is 1. The van der Waals surface area contributed by atoms with E-state index in [9.17, 15) is 0 Å². The van der Waals surface area contributed by atoms with Crippen LogP contribution in [0.4, 0.5) is 0 Å². The van der Waals surface area contributed by atoms with Crippen LogP contribution < -0.4 is 5.32 Å². The fraction of sp³-hybridized carbons (Fsp3) is 0.173. The Kier molecular flexibility index (Phi) is 11.0. The Bertz CT molecular complexity index is 2360. The van der Waals surface area contributed by atoms with Crippen molar-refractivity contribution in [3.8, 4) is 11.1 Å². The van der Waals surface area contributed by atoms with Crippen molar-refractivity contribution in [1.29, 1.82) is 0 Å². The largest absolute Gasteiger partial charge is 0.384 e. The third kappa shape index (κ3) is 7.70. The fourth-order valence-electron chi connectivity index (χ4n) is 7.89.